The summed E-state index contributed by atoms with van der Waals surface area (Å²) < 4.78 is 0. The van der Waals surface area contributed by atoms with Crippen LogP contribution >= 0.6 is 0 Å². The van der Waals surface area contributed by atoms with Crippen LogP contribution in [0.2, 0.25) is 0 Å². The fourth-order valence-electron chi connectivity index (χ4n) is 1.69. The molecular weight excluding hydrogens is 200 g/mol. The number of hydrogen-bond donors (Lipinski definition) is 3. The molecule has 0 unspecified atom stereocenters. The smallest absolute Gasteiger partial charge is 0.394 e. The topological polar surface area (TPSA) is 89.9 Å². The summed E-state index contributed by atoms with van der Waals surface area (Å²) in [6.07, 6.45) is 1.47. The molecule has 1 saturated heterocycles. The van der Waals surface area contributed by atoms with Crippen molar-refractivity contribution >= 4 is 11.9 Å². The summed E-state index contributed by atoms with van der Waals surface area (Å²) in [6, 6.07) is -0.0523. The van der Waals surface area contributed by atoms with Gasteiger partial charge in [0, 0.05) is 25.7 Å². The average Bonchev–Trinajstić information content (AvgIpc) is 2.21. The Morgan fingerprint density at radius 3 is 2.40 bits per heavy atom. The maximum absolute atomic E-state index is 10.9. The average molecular weight is 216 g/mol. The minimum absolute atomic E-state index is 0.0523. The van der Waals surface area contributed by atoms with Crippen LogP contribution in [0.5, 0.6) is 0 Å². The number of aliphatic carboxylic acids is 1. The molecule has 0 atom stereocenters. The van der Waals surface area contributed by atoms with Gasteiger partial charge in [-0.05, 0) is 12.8 Å². The molecule has 1 fully saturated rings. The molecule has 6 heteroatoms. The zero-order valence-electron chi connectivity index (χ0n) is 8.48. The third-order valence-corrected chi connectivity index (χ3v) is 2.53. The first kappa shape index (κ1) is 11.9. The molecule has 86 valence electrons. The number of likely N-dealkylation sites (tertiary alicyclic amines) is 1. The number of rotatable bonds is 3. The molecule has 0 radical (unpaired) electrons. The minimum Gasteiger partial charge on any atom is -0.474 e. The van der Waals surface area contributed by atoms with Crippen molar-refractivity contribution < 1.29 is 19.8 Å². The summed E-state index contributed by atoms with van der Waals surface area (Å²) in [4.78, 5) is 23.2. The Morgan fingerprint density at radius 2 is 1.93 bits per heavy atom. The summed E-state index contributed by atoms with van der Waals surface area (Å²) in [7, 11) is 0. The maximum atomic E-state index is 10.9. The van der Waals surface area contributed by atoms with Gasteiger partial charge in [-0.25, -0.2) is 4.79 Å². The highest BCUT2D eigenvalue weighted by Crippen LogP contribution is 2.09. The Hall–Kier alpha value is -1.14. The minimum atomic E-state index is -1.44. The Morgan fingerprint density at radius 1 is 1.33 bits per heavy atom. The fourth-order valence-corrected chi connectivity index (χ4v) is 1.69. The lowest BCUT2D eigenvalue weighted by molar-refractivity contribution is -0.150. The van der Waals surface area contributed by atoms with Crippen LogP contribution in [0.15, 0.2) is 0 Å². The Balaban J connectivity index is 2.25. The van der Waals surface area contributed by atoms with Gasteiger partial charge < -0.3 is 20.4 Å². The molecule has 3 N–H and O–H groups in total. The second-order valence-electron chi connectivity index (χ2n) is 3.62. The summed E-state index contributed by atoms with van der Waals surface area (Å²) in [5.74, 6) is -2.37. The third kappa shape index (κ3) is 3.85. The second-order valence-corrected chi connectivity index (χ2v) is 3.62. The molecule has 0 aromatic rings. The van der Waals surface area contributed by atoms with Gasteiger partial charge in [-0.3, -0.25) is 4.79 Å². The molecule has 6 nitrogen and oxygen atoms in total. The normalized spacial score (nSPS) is 18.7. The maximum Gasteiger partial charge on any atom is 0.394 e. The van der Waals surface area contributed by atoms with Crippen LogP contribution in [-0.4, -0.2) is 59.3 Å². The molecule has 0 aliphatic carbocycles. The summed E-state index contributed by atoms with van der Waals surface area (Å²) >= 11 is 0. The predicted molar refractivity (Wildman–Crippen MR) is 52.3 cm³/mol. The van der Waals surface area contributed by atoms with Crippen molar-refractivity contribution in [1.82, 2.24) is 10.2 Å². The first-order valence-corrected chi connectivity index (χ1v) is 5.00. The highest BCUT2D eigenvalue weighted by molar-refractivity contribution is 6.31. The number of aliphatic hydroxyl groups excluding tert-OH is 1. The lowest BCUT2D eigenvalue weighted by Crippen LogP contribution is -2.47. The van der Waals surface area contributed by atoms with Gasteiger partial charge in [0.15, 0.2) is 0 Å². The van der Waals surface area contributed by atoms with Crippen LogP contribution < -0.4 is 5.32 Å². The van der Waals surface area contributed by atoms with Crippen LogP contribution in [0.4, 0.5) is 0 Å². The van der Waals surface area contributed by atoms with Crippen LogP contribution in [0.25, 0.3) is 0 Å². The number of aliphatic hydroxyl groups is 1. The van der Waals surface area contributed by atoms with E-state index in [9.17, 15) is 9.59 Å². The fraction of sp³-hybridized carbons (Fsp3) is 0.778. The van der Waals surface area contributed by atoms with E-state index in [1.165, 1.54) is 0 Å². The Bertz CT molecular complexity index is 236. The van der Waals surface area contributed by atoms with Crippen LogP contribution in [0, 0.1) is 0 Å². The number of carboxylic acids is 1. The first-order valence-electron chi connectivity index (χ1n) is 5.00. The number of carboxylic acid groups (broad SMARTS) is 1. The lowest BCUT2D eigenvalue weighted by atomic mass is 10.1. The molecule has 15 heavy (non-hydrogen) atoms. The zero-order chi connectivity index (χ0) is 11.3. The van der Waals surface area contributed by atoms with E-state index >= 15 is 0 Å². The lowest BCUT2D eigenvalue weighted by Gasteiger charge is -2.31. The van der Waals surface area contributed by atoms with Gasteiger partial charge in [0.1, 0.15) is 0 Å². The van der Waals surface area contributed by atoms with Gasteiger partial charge in [-0.1, -0.05) is 0 Å². The zero-order valence-corrected chi connectivity index (χ0v) is 8.48. The summed E-state index contributed by atoms with van der Waals surface area (Å²) in [6.45, 7) is 2.34. The summed E-state index contributed by atoms with van der Waals surface area (Å²) in [5, 5.41) is 19.6. The van der Waals surface area contributed by atoms with E-state index < -0.39 is 11.9 Å². The SMILES string of the molecule is O=C(O)C(=O)NC1CCN(CCO)CC1. The molecule has 0 spiro atoms. The van der Waals surface area contributed by atoms with Crippen LogP contribution in [0.3, 0.4) is 0 Å². The number of nitrogens with zero attached hydrogens (tertiary/aromatic N) is 1. The van der Waals surface area contributed by atoms with Crippen molar-refractivity contribution in [2.45, 2.75) is 18.9 Å². The van der Waals surface area contributed by atoms with E-state index in [0.717, 1.165) is 25.9 Å². The van der Waals surface area contributed by atoms with E-state index in [0.29, 0.717) is 6.54 Å². The van der Waals surface area contributed by atoms with Crippen molar-refractivity contribution in [3.05, 3.63) is 0 Å². The molecule has 1 heterocycles. The number of carbonyl (C=O) groups excluding carboxylic acids is 1. The van der Waals surface area contributed by atoms with Gasteiger partial charge in [-0.2, -0.15) is 0 Å². The number of amides is 1. The van der Waals surface area contributed by atoms with Crippen molar-refractivity contribution in [2.75, 3.05) is 26.2 Å². The van der Waals surface area contributed by atoms with Crippen molar-refractivity contribution in [3.8, 4) is 0 Å². The number of piperidine rings is 1. The monoisotopic (exact) mass is 216 g/mol. The molecular formula is C9H16N2O4. The van der Waals surface area contributed by atoms with E-state index in [4.69, 9.17) is 10.2 Å². The molecule has 1 amide bonds. The second kappa shape index (κ2) is 5.67. The van der Waals surface area contributed by atoms with Gasteiger partial charge >= 0.3 is 11.9 Å². The Kier molecular flexibility index (Phi) is 4.51. The van der Waals surface area contributed by atoms with Crippen molar-refractivity contribution in [1.29, 1.82) is 0 Å². The van der Waals surface area contributed by atoms with Crippen molar-refractivity contribution in [3.63, 3.8) is 0 Å². The molecule has 0 aromatic carbocycles. The number of hydrogen-bond acceptors (Lipinski definition) is 4. The van der Waals surface area contributed by atoms with E-state index in [-0.39, 0.29) is 12.6 Å². The van der Waals surface area contributed by atoms with Crippen LogP contribution in [-0.2, 0) is 9.59 Å². The molecule has 1 aliphatic heterocycles. The van der Waals surface area contributed by atoms with Gasteiger partial charge in [0.2, 0.25) is 0 Å². The van der Waals surface area contributed by atoms with Gasteiger partial charge in [0.05, 0.1) is 6.61 Å². The highest BCUT2D eigenvalue weighted by atomic mass is 16.4. The summed E-state index contributed by atoms with van der Waals surface area (Å²) in [5.41, 5.74) is 0. The third-order valence-electron chi connectivity index (χ3n) is 2.53. The molecule has 0 aromatic heterocycles. The van der Waals surface area contributed by atoms with Gasteiger partial charge in [0.25, 0.3) is 0 Å². The first-order chi connectivity index (χ1) is 7.13. The standard InChI is InChI=1S/C9H16N2O4/c12-6-5-11-3-1-7(2-4-11)10-8(13)9(14)15/h7,12H,1-6H2,(H,10,13)(H,14,15). The largest absolute Gasteiger partial charge is 0.474 e. The van der Waals surface area contributed by atoms with Gasteiger partial charge in [-0.15, -0.1) is 0 Å². The number of carbonyl (C=O) groups is 2. The quantitative estimate of drug-likeness (QED) is 0.507. The number of β-amino-alcohol motifs (C(OH)–C–C–N with tert-alkyl or cyclic N) is 1. The highest BCUT2D eigenvalue weighted by Gasteiger charge is 2.22. The molecule has 1 rings (SSSR count). The van der Waals surface area contributed by atoms with E-state index in [1.54, 1.807) is 0 Å². The molecule has 1 aliphatic rings. The Labute approximate surface area is 87.9 Å². The van der Waals surface area contributed by atoms with E-state index in [2.05, 4.69) is 10.2 Å². The predicted octanol–water partition coefficient (Wildman–Crippen LogP) is -1.36. The molecule has 0 saturated carbocycles. The van der Waals surface area contributed by atoms with E-state index in [1.807, 2.05) is 0 Å². The number of nitrogens with one attached hydrogen (secondary N) is 1. The van der Waals surface area contributed by atoms with Crippen LogP contribution in [0.1, 0.15) is 12.8 Å². The van der Waals surface area contributed by atoms with Crippen molar-refractivity contribution in [2.24, 2.45) is 0 Å². The molecule has 0 bridgehead atoms.